The van der Waals surface area contributed by atoms with Gasteiger partial charge in [-0.25, -0.2) is 10.8 Å². The Hall–Kier alpha value is -1.79. The summed E-state index contributed by atoms with van der Waals surface area (Å²) in [7, 11) is 3.19. The summed E-state index contributed by atoms with van der Waals surface area (Å²) in [5.41, 5.74) is 7.96. The predicted octanol–water partition coefficient (Wildman–Crippen LogP) is -0.176. The van der Waals surface area contributed by atoms with Gasteiger partial charge in [-0.05, 0) is 19.1 Å². The van der Waals surface area contributed by atoms with Crippen LogP contribution in [-0.4, -0.2) is 35.9 Å². The van der Waals surface area contributed by atoms with Crippen LogP contribution in [0.2, 0.25) is 0 Å². The fourth-order valence-electron chi connectivity index (χ4n) is 1.45. The van der Waals surface area contributed by atoms with Crippen molar-refractivity contribution in [1.82, 2.24) is 9.99 Å². The van der Waals surface area contributed by atoms with Gasteiger partial charge in [0.1, 0.15) is 5.75 Å². The molecule has 0 amide bonds. The molecule has 94 valence electrons. The molecule has 0 unspecified atom stereocenters. The van der Waals surface area contributed by atoms with E-state index >= 15 is 0 Å². The van der Waals surface area contributed by atoms with Crippen molar-refractivity contribution >= 4 is 5.70 Å². The quantitative estimate of drug-likeness (QED) is 0.497. The fraction of sp³-hybridized carbons (Fsp3) is 0.364. The second kappa shape index (κ2) is 5.51. The summed E-state index contributed by atoms with van der Waals surface area (Å²) < 4.78 is 5.11. The average Bonchev–Trinajstić information content (AvgIpc) is 2.29. The maximum Gasteiger partial charge on any atom is 0.140 e. The first-order valence-corrected chi connectivity index (χ1v) is 5.11. The van der Waals surface area contributed by atoms with Crippen molar-refractivity contribution in [2.24, 2.45) is 11.6 Å². The topological polar surface area (TPSA) is 97.6 Å². The van der Waals surface area contributed by atoms with E-state index in [4.69, 9.17) is 16.3 Å². The van der Waals surface area contributed by atoms with E-state index in [-0.39, 0.29) is 6.61 Å². The molecule has 1 heterocycles. The molecule has 0 radical (unpaired) electrons. The highest BCUT2D eigenvalue weighted by molar-refractivity contribution is 5.63. The predicted molar refractivity (Wildman–Crippen MR) is 65.7 cm³/mol. The van der Waals surface area contributed by atoms with Gasteiger partial charge in [-0.15, -0.1) is 0 Å². The van der Waals surface area contributed by atoms with Crippen LogP contribution < -0.4 is 16.3 Å². The molecular weight excluding hydrogens is 220 g/mol. The van der Waals surface area contributed by atoms with E-state index in [1.807, 2.05) is 6.92 Å². The van der Waals surface area contributed by atoms with Crippen molar-refractivity contribution in [2.75, 3.05) is 20.8 Å². The molecule has 1 aromatic heterocycles. The number of aromatic nitrogens is 1. The Bertz CT molecular complexity index is 429. The minimum atomic E-state index is -0.244. The van der Waals surface area contributed by atoms with E-state index in [1.165, 1.54) is 5.01 Å². The van der Waals surface area contributed by atoms with Gasteiger partial charge in [-0.1, -0.05) is 0 Å². The molecule has 0 atom stereocenters. The summed E-state index contributed by atoms with van der Waals surface area (Å²) >= 11 is 0. The minimum Gasteiger partial charge on any atom is -0.495 e. The molecule has 1 aromatic rings. The molecule has 6 heteroatoms. The monoisotopic (exact) mass is 238 g/mol. The summed E-state index contributed by atoms with van der Waals surface area (Å²) in [6.07, 6.45) is 0. The van der Waals surface area contributed by atoms with Gasteiger partial charge in [0.2, 0.25) is 0 Å². The summed E-state index contributed by atoms with van der Waals surface area (Å²) in [5.74, 6) is 6.25. The molecule has 0 aliphatic carbocycles. The highest BCUT2D eigenvalue weighted by Gasteiger charge is 2.10. The zero-order chi connectivity index (χ0) is 13.0. The normalized spacial score (nSPS) is 12.1. The lowest BCUT2D eigenvalue weighted by molar-refractivity contribution is 0.278. The van der Waals surface area contributed by atoms with Crippen LogP contribution in [0, 0.1) is 6.92 Å². The van der Waals surface area contributed by atoms with Crippen LogP contribution in [0.15, 0.2) is 17.8 Å². The number of hydrogen-bond acceptors (Lipinski definition) is 6. The molecule has 5 N–H and O–H groups in total. The lowest BCUT2D eigenvalue weighted by atomic mass is 10.2. The largest absolute Gasteiger partial charge is 0.495 e. The molecule has 0 fully saturated rings. The number of nitrogens with two attached hydrogens (primary N) is 2. The van der Waals surface area contributed by atoms with Gasteiger partial charge in [0, 0.05) is 7.05 Å². The number of aryl methyl sites for hydroxylation is 1. The SMILES string of the molecule is COc1ccc(/C(N)=C(\CO)N(C)N)nc1C. The van der Waals surface area contributed by atoms with E-state index in [9.17, 15) is 5.11 Å². The first-order chi connectivity index (χ1) is 8.01. The van der Waals surface area contributed by atoms with Crippen LogP contribution in [0.1, 0.15) is 11.4 Å². The number of aliphatic hydroxyl groups is 1. The van der Waals surface area contributed by atoms with Crippen molar-refractivity contribution in [1.29, 1.82) is 0 Å². The Balaban J connectivity index is 3.20. The molecule has 0 saturated carbocycles. The highest BCUT2D eigenvalue weighted by Crippen LogP contribution is 2.19. The van der Waals surface area contributed by atoms with Gasteiger partial charge in [0.15, 0.2) is 0 Å². The smallest absolute Gasteiger partial charge is 0.140 e. The molecule has 6 nitrogen and oxygen atoms in total. The van der Waals surface area contributed by atoms with E-state index in [0.29, 0.717) is 22.8 Å². The number of hydrogen-bond donors (Lipinski definition) is 3. The van der Waals surface area contributed by atoms with E-state index in [0.717, 1.165) is 5.69 Å². The highest BCUT2D eigenvalue weighted by atomic mass is 16.5. The molecule has 0 aliphatic heterocycles. The summed E-state index contributed by atoms with van der Waals surface area (Å²) in [4.78, 5) is 4.29. The number of aliphatic hydroxyl groups excluding tert-OH is 1. The number of rotatable bonds is 4. The molecular formula is C11H18N4O2. The molecule has 1 rings (SSSR count). The molecule has 0 saturated heterocycles. The molecule has 0 aliphatic rings. The fourth-order valence-corrected chi connectivity index (χ4v) is 1.45. The molecule has 0 bridgehead atoms. The van der Waals surface area contributed by atoms with Gasteiger partial charge in [0.05, 0.1) is 36.5 Å². The van der Waals surface area contributed by atoms with Crippen molar-refractivity contribution in [3.8, 4) is 5.75 Å². The third kappa shape index (κ3) is 2.86. The minimum absolute atomic E-state index is 0.244. The number of methoxy groups -OCH3 is 1. The Morgan fingerprint density at radius 2 is 2.18 bits per heavy atom. The van der Waals surface area contributed by atoms with Crippen molar-refractivity contribution in [2.45, 2.75) is 6.92 Å². The lowest BCUT2D eigenvalue weighted by Crippen LogP contribution is -2.29. The van der Waals surface area contributed by atoms with Gasteiger partial charge >= 0.3 is 0 Å². The third-order valence-corrected chi connectivity index (χ3v) is 2.42. The van der Waals surface area contributed by atoms with E-state index in [2.05, 4.69) is 4.98 Å². The van der Waals surface area contributed by atoms with Crippen LogP contribution in [0.3, 0.4) is 0 Å². The van der Waals surface area contributed by atoms with Crippen LogP contribution in [0.5, 0.6) is 5.75 Å². The van der Waals surface area contributed by atoms with Crippen LogP contribution in [0.25, 0.3) is 5.70 Å². The van der Waals surface area contributed by atoms with Gasteiger partial charge in [0.25, 0.3) is 0 Å². The van der Waals surface area contributed by atoms with Gasteiger partial charge in [-0.2, -0.15) is 0 Å². The zero-order valence-electron chi connectivity index (χ0n) is 10.3. The number of hydrazine groups is 1. The summed E-state index contributed by atoms with van der Waals surface area (Å²) in [6.45, 7) is 1.58. The average molecular weight is 238 g/mol. The zero-order valence-corrected chi connectivity index (χ0v) is 10.3. The van der Waals surface area contributed by atoms with Crippen molar-refractivity contribution in [3.63, 3.8) is 0 Å². The Morgan fingerprint density at radius 3 is 2.59 bits per heavy atom. The standard InChI is InChI=1S/C11H18N4O2/c1-7-10(17-3)5-4-8(14-7)11(12)9(6-16)15(2)13/h4-5,16H,6,12-13H2,1-3H3/b11-9-. The number of ether oxygens (including phenoxy) is 1. The maximum absolute atomic E-state index is 9.19. The van der Waals surface area contributed by atoms with Crippen LogP contribution in [-0.2, 0) is 0 Å². The van der Waals surface area contributed by atoms with E-state index < -0.39 is 0 Å². The molecule has 17 heavy (non-hydrogen) atoms. The van der Waals surface area contributed by atoms with E-state index in [1.54, 1.807) is 26.3 Å². The lowest BCUT2D eigenvalue weighted by Gasteiger charge is -2.17. The second-order valence-corrected chi connectivity index (χ2v) is 3.61. The number of nitrogens with zero attached hydrogens (tertiary/aromatic N) is 2. The third-order valence-electron chi connectivity index (χ3n) is 2.42. The number of likely N-dealkylation sites (N-methyl/N-ethyl adjacent to an activating group) is 1. The van der Waals surface area contributed by atoms with Crippen molar-refractivity contribution in [3.05, 3.63) is 29.2 Å². The maximum atomic E-state index is 9.19. The van der Waals surface area contributed by atoms with Gasteiger partial charge in [-0.3, -0.25) is 0 Å². The number of pyridine rings is 1. The van der Waals surface area contributed by atoms with Crippen LogP contribution >= 0.6 is 0 Å². The summed E-state index contributed by atoms with van der Waals surface area (Å²) in [6, 6.07) is 3.50. The summed E-state index contributed by atoms with van der Waals surface area (Å²) in [5, 5.41) is 10.5. The molecule has 0 spiro atoms. The van der Waals surface area contributed by atoms with Gasteiger partial charge < -0.3 is 20.6 Å². The second-order valence-electron chi connectivity index (χ2n) is 3.61. The molecule has 0 aromatic carbocycles. The Labute approximate surface area is 100 Å². The Morgan fingerprint density at radius 1 is 1.53 bits per heavy atom. The first kappa shape index (κ1) is 13.3. The van der Waals surface area contributed by atoms with Crippen LogP contribution in [0.4, 0.5) is 0 Å². The van der Waals surface area contributed by atoms with Crippen molar-refractivity contribution < 1.29 is 9.84 Å². The Kier molecular flexibility index (Phi) is 4.30. The first-order valence-electron chi connectivity index (χ1n) is 5.11.